The molecule has 0 saturated carbocycles. The minimum absolute atomic E-state index is 0.170. The summed E-state index contributed by atoms with van der Waals surface area (Å²) < 4.78 is 25.0. The van der Waals surface area contributed by atoms with Crippen LogP contribution in [0.5, 0.6) is 0 Å². The second-order valence-electron chi connectivity index (χ2n) is 6.98. The van der Waals surface area contributed by atoms with Gasteiger partial charge in [-0.25, -0.2) is 4.98 Å². The predicted octanol–water partition coefficient (Wildman–Crippen LogP) is 5.45. The van der Waals surface area contributed by atoms with E-state index in [4.69, 9.17) is 26.4 Å². The highest BCUT2D eigenvalue weighted by molar-refractivity contribution is 7.53. The summed E-state index contributed by atoms with van der Waals surface area (Å²) in [6.07, 6.45) is 11.2. The van der Waals surface area contributed by atoms with Crippen molar-refractivity contribution in [2.75, 3.05) is 25.1 Å². The standard InChI is InChI=1S/C19H33ClN5O3P/c1-3-27-29(26,28-4-2)14-12-10-8-6-5-7-9-11-13-25-15-22-16-17(20)23-19(21)24-18(16)25/h15H,3-14H2,1-2H3,(H2,21,23,24). The zero-order valence-corrected chi connectivity index (χ0v) is 19.1. The van der Waals surface area contributed by atoms with Crippen molar-refractivity contribution < 1.29 is 13.6 Å². The van der Waals surface area contributed by atoms with Crippen LogP contribution in [0, 0.1) is 0 Å². The van der Waals surface area contributed by atoms with Crippen molar-refractivity contribution in [3.63, 3.8) is 0 Å². The Labute approximate surface area is 178 Å². The van der Waals surface area contributed by atoms with Crippen molar-refractivity contribution in [3.05, 3.63) is 11.5 Å². The molecule has 0 aliphatic heterocycles. The third-order valence-electron chi connectivity index (χ3n) is 4.67. The summed E-state index contributed by atoms with van der Waals surface area (Å²) in [6, 6.07) is 0. The summed E-state index contributed by atoms with van der Waals surface area (Å²) in [6.45, 7) is 5.39. The molecule has 2 heterocycles. The van der Waals surface area contributed by atoms with Crippen molar-refractivity contribution >= 4 is 36.3 Å². The monoisotopic (exact) mass is 445 g/mol. The molecule has 10 heteroatoms. The maximum atomic E-state index is 12.4. The van der Waals surface area contributed by atoms with Gasteiger partial charge in [-0.3, -0.25) is 4.57 Å². The summed E-state index contributed by atoms with van der Waals surface area (Å²) in [5, 5.41) is 0.296. The fourth-order valence-corrected chi connectivity index (χ4v) is 5.25. The molecule has 0 radical (unpaired) electrons. The number of nitrogens with two attached hydrogens (primary N) is 1. The fraction of sp³-hybridized carbons (Fsp3) is 0.737. The van der Waals surface area contributed by atoms with Crippen LogP contribution < -0.4 is 5.73 Å². The van der Waals surface area contributed by atoms with Gasteiger partial charge in [0.2, 0.25) is 5.95 Å². The molecule has 2 N–H and O–H groups in total. The number of unbranched alkanes of at least 4 members (excludes halogenated alkanes) is 7. The van der Waals surface area contributed by atoms with Gasteiger partial charge in [0.05, 0.1) is 25.7 Å². The average molecular weight is 446 g/mol. The number of aromatic nitrogens is 4. The van der Waals surface area contributed by atoms with E-state index in [0.29, 0.717) is 35.7 Å². The van der Waals surface area contributed by atoms with Crippen LogP contribution in [0.4, 0.5) is 5.95 Å². The average Bonchev–Trinajstić information content (AvgIpc) is 3.07. The summed E-state index contributed by atoms with van der Waals surface area (Å²) in [7, 11) is -2.87. The van der Waals surface area contributed by atoms with E-state index in [1.165, 1.54) is 19.3 Å². The van der Waals surface area contributed by atoms with Crippen molar-refractivity contribution in [2.24, 2.45) is 0 Å². The number of halogens is 1. The number of imidazole rings is 1. The zero-order valence-electron chi connectivity index (χ0n) is 17.5. The lowest BCUT2D eigenvalue weighted by Gasteiger charge is -2.16. The highest BCUT2D eigenvalue weighted by atomic mass is 35.5. The lowest BCUT2D eigenvalue weighted by atomic mass is 10.1. The first-order valence-corrected chi connectivity index (χ1v) is 12.6. The van der Waals surface area contributed by atoms with E-state index in [9.17, 15) is 4.57 Å². The van der Waals surface area contributed by atoms with Crippen LogP contribution in [0.3, 0.4) is 0 Å². The summed E-state index contributed by atoms with van der Waals surface area (Å²) in [5.41, 5.74) is 6.96. The molecule has 0 spiro atoms. The van der Waals surface area contributed by atoms with Crippen LogP contribution in [0.25, 0.3) is 11.2 Å². The molecule has 2 rings (SSSR count). The van der Waals surface area contributed by atoms with Crippen LogP contribution in [0.1, 0.15) is 65.2 Å². The molecule has 0 aliphatic rings. The van der Waals surface area contributed by atoms with Gasteiger partial charge in [0.1, 0.15) is 5.52 Å². The van der Waals surface area contributed by atoms with E-state index in [2.05, 4.69) is 15.0 Å². The van der Waals surface area contributed by atoms with Crippen molar-refractivity contribution in [1.29, 1.82) is 0 Å². The maximum absolute atomic E-state index is 12.4. The lowest BCUT2D eigenvalue weighted by Crippen LogP contribution is -2.01. The van der Waals surface area contributed by atoms with Gasteiger partial charge in [0.25, 0.3) is 0 Å². The number of aryl methyl sites for hydroxylation is 1. The normalized spacial score (nSPS) is 12.1. The second kappa shape index (κ2) is 12.5. The van der Waals surface area contributed by atoms with Gasteiger partial charge in [-0.2, -0.15) is 9.97 Å². The van der Waals surface area contributed by atoms with Crippen molar-refractivity contribution in [3.8, 4) is 0 Å². The van der Waals surface area contributed by atoms with Gasteiger partial charge < -0.3 is 19.3 Å². The number of fused-ring (bicyclic) bond motifs is 1. The molecule has 0 fully saturated rings. The number of hydrogen-bond acceptors (Lipinski definition) is 7. The molecule has 8 nitrogen and oxygen atoms in total. The molecule has 164 valence electrons. The van der Waals surface area contributed by atoms with E-state index in [1.807, 2.05) is 18.4 Å². The Kier molecular flexibility index (Phi) is 10.4. The fourth-order valence-electron chi connectivity index (χ4n) is 3.30. The topological polar surface area (TPSA) is 105 Å². The first-order valence-electron chi connectivity index (χ1n) is 10.5. The van der Waals surface area contributed by atoms with E-state index in [1.54, 1.807) is 6.33 Å². The Morgan fingerprint density at radius 3 is 2.21 bits per heavy atom. The van der Waals surface area contributed by atoms with Crippen molar-refractivity contribution in [1.82, 2.24) is 19.5 Å². The molecule has 29 heavy (non-hydrogen) atoms. The smallest absolute Gasteiger partial charge is 0.330 e. The molecule has 0 atom stereocenters. The minimum atomic E-state index is -2.87. The van der Waals surface area contributed by atoms with Gasteiger partial charge in [0.15, 0.2) is 10.8 Å². The van der Waals surface area contributed by atoms with Crippen LogP contribution in [-0.2, 0) is 20.2 Å². The number of rotatable bonds is 15. The van der Waals surface area contributed by atoms with Gasteiger partial charge >= 0.3 is 7.60 Å². The third-order valence-corrected chi connectivity index (χ3v) is 7.10. The minimum Gasteiger partial charge on any atom is -0.368 e. The zero-order chi connectivity index (χ0) is 21.1. The van der Waals surface area contributed by atoms with Gasteiger partial charge in [-0.1, -0.05) is 50.1 Å². The van der Waals surface area contributed by atoms with Crippen LogP contribution >= 0.6 is 19.2 Å². The lowest BCUT2D eigenvalue weighted by molar-refractivity contribution is 0.219. The number of nitrogens with zero attached hydrogens (tertiary/aromatic N) is 4. The summed E-state index contributed by atoms with van der Waals surface area (Å²) >= 11 is 6.05. The van der Waals surface area contributed by atoms with Crippen LogP contribution in [-0.4, -0.2) is 38.9 Å². The largest absolute Gasteiger partial charge is 0.368 e. The van der Waals surface area contributed by atoms with E-state index in [0.717, 1.165) is 38.6 Å². The van der Waals surface area contributed by atoms with Gasteiger partial charge in [-0.15, -0.1) is 0 Å². The van der Waals surface area contributed by atoms with E-state index in [-0.39, 0.29) is 5.95 Å². The first-order chi connectivity index (χ1) is 14.0. The highest BCUT2D eigenvalue weighted by Gasteiger charge is 2.22. The van der Waals surface area contributed by atoms with E-state index < -0.39 is 7.60 Å². The van der Waals surface area contributed by atoms with Crippen LogP contribution in [0.2, 0.25) is 5.15 Å². The Morgan fingerprint density at radius 1 is 1.00 bits per heavy atom. The van der Waals surface area contributed by atoms with Gasteiger partial charge in [-0.05, 0) is 26.7 Å². The molecule has 2 aromatic heterocycles. The Morgan fingerprint density at radius 2 is 1.59 bits per heavy atom. The molecule has 2 aromatic rings. The summed E-state index contributed by atoms with van der Waals surface area (Å²) in [4.78, 5) is 12.4. The second-order valence-corrected chi connectivity index (χ2v) is 9.52. The molecule has 0 unspecified atom stereocenters. The molecular weight excluding hydrogens is 413 g/mol. The Balaban J connectivity index is 1.55. The van der Waals surface area contributed by atoms with Crippen molar-refractivity contribution in [2.45, 2.75) is 71.8 Å². The molecule has 0 aromatic carbocycles. The quantitative estimate of drug-likeness (QED) is 0.221. The van der Waals surface area contributed by atoms with Gasteiger partial charge in [0, 0.05) is 6.54 Å². The predicted molar refractivity (Wildman–Crippen MR) is 117 cm³/mol. The number of hydrogen-bond donors (Lipinski definition) is 1. The summed E-state index contributed by atoms with van der Waals surface area (Å²) in [5.74, 6) is 0.170. The molecule has 0 saturated heterocycles. The third kappa shape index (κ3) is 7.85. The number of anilines is 1. The van der Waals surface area contributed by atoms with E-state index >= 15 is 0 Å². The Bertz CT molecular complexity index is 791. The SMILES string of the molecule is CCOP(=O)(CCCCCCCCCCn1cnc2c(Cl)nc(N)nc21)OCC. The Hall–Kier alpha value is -1.21. The molecule has 0 amide bonds. The number of nitrogen functional groups attached to an aromatic ring is 1. The van der Waals surface area contributed by atoms with Crippen LogP contribution in [0.15, 0.2) is 6.33 Å². The molecule has 0 bridgehead atoms. The maximum Gasteiger partial charge on any atom is 0.330 e. The first kappa shape index (κ1) is 24.1. The molecule has 0 aliphatic carbocycles. The molecular formula is C19H33ClN5O3P. The highest BCUT2D eigenvalue weighted by Crippen LogP contribution is 2.48.